The smallest absolute Gasteiger partial charge is 0.343 e. The number of benzene rings is 4. The van der Waals surface area contributed by atoms with Crippen LogP contribution >= 0.6 is 0 Å². The second-order valence-corrected chi connectivity index (χ2v) is 8.56. The van der Waals surface area contributed by atoms with Crippen LogP contribution < -0.4 is 31.1 Å². The number of methoxy groups -OCH3 is 1. The highest BCUT2D eigenvalue weighted by atomic mass is 16.5. The Morgan fingerprint density at radius 2 is 1.28 bits per heavy atom. The first-order valence-corrected chi connectivity index (χ1v) is 11.7. The van der Waals surface area contributed by atoms with Crippen molar-refractivity contribution in [1.82, 2.24) is 0 Å². The molecule has 0 fully saturated rings. The molecule has 0 unspecified atom stereocenters. The Morgan fingerprint density at radius 1 is 0.692 bits per heavy atom. The van der Waals surface area contributed by atoms with E-state index in [-0.39, 0.29) is 33.8 Å². The van der Waals surface area contributed by atoms with E-state index >= 15 is 0 Å². The van der Waals surface area contributed by atoms with E-state index in [1.807, 2.05) is 0 Å². The topological polar surface area (TPSA) is 144 Å². The molecule has 5 rings (SSSR count). The number of rotatable bonds is 6. The fourth-order valence-corrected chi connectivity index (χ4v) is 3.90. The maximum atomic E-state index is 12.9. The van der Waals surface area contributed by atoms with Gasteiger partial charge < -0.3 is 30.1 Å². The van der Waals surface area contributed by atoms with Gasteiger partial charge in [-0.15, -0.1) is 0 Å². The summed E-state index contributed by atoms with van der Waals surface area (Å²) in [7, 11) is 1.50. The molecule has 39 heavy (non-hydrogen) atoms. The molecule has 0 bridgehead atoms. The lowest BCUT2D eigenvalue weighted by Crippen LogP contribution is -2.11. The van der Waals surface area contributed by atoms with Crippen molar-refractivity contribution in [2.24, 2.45) is 0 Å². The molecule has 0 spiro atoms. The summed E-state index contributed by atoms with van der Waals surface area (Å²) in [6.45, 7) is 0. The summed E-state index contributed by atoms with van der Waals surface area (Å²) in [5, 5.41) is 0.329. The second kappa shape index (κ2) is 10.4. The van der Waals surface area contributed by atoms with Crippen molar-refractivity contribution >= 4 is 34.3 Å². The van der Waals surface area contributed by atoms with Gasteiger partial charge in [-0.3, -0.25) is 4.79 Å². The molecular formula is C30H22N2O7. The Kier molecular flexibility index (Phi) is 6.71. The van der Waals surface area contributed by atoms with Crippen molar-refractivity contribution in [3.05, 3.63) is 112 Å². The highest BCUT2D eigenvalue weighted by molar-refractivity contribution is 5.93. The number of esters is 2. The van der Waals surface area contributed by atoms with Crippen molar-refractivity contribution in [1.29, 1.82) is 0 Å². The van der Waals surface area contributed by atoms with Crippen molar-refractivity contribution < 1.29 is 28.2 Å². The fourth-order valence-electron chi connectivity index (χ4n) is 3.90. The van der Waals surface area contributed by atoms with Gasteiger partial charge in [-0.2, -0.15) is 0 Å². The second-order valence-electron chi connectivity index (χ2n) is 8.56. The fraction of sp³-hybridized carbons (Fsp3) is 0.0333. The van der Waals surface area contributed by atoms with Crippen molar-refractivity contribution in [3.63, 3.8) is 0 Å². The lowest BCUT2D eigenvalue weighted by Gasteiger charge is -2.12. The van der Waals surface area contributed by atoms with E-state index in [4.69, 9.17) is 30.1 Å². The first kappa shape index (κ1) is 25.1. The van der Waals surface area contributed by atoms with Crippen LogP contribution in [0.4, 0.5) is 11.4 Å². The average Bonchev–Trinajstić information content (AvgIpc) is 2.92. The minimum Gasteiger partial charge on any atom is -0.497 e. The summed E-state index contributed by atoms with van der Waals surface area (Å²) < 4.78 is 22.3. The van der Waals surface area contributed by atoms with E-state index in [0.717, 1.165) is 0 Å². The van der Waals surface area contributed by atoms with Crippen LogP contribution in [0.1, 0.15) is 20.7 Å². The zero-order valence-electron chi connectivity index (χ0n) is 20.7. The van der Waals surface area contributed by atoms with Crippen LogP contribution in [0.2, 0.25) is 0 Å². The minimum atomic E-state index is -0.681. The summed E-state index contributed by atoms with van der Waals surface area (Å²) in [5.74, 6) is -0.589. The Hall–Kier alpha value is -5.57. The van der Waals surface area contributed by atoms with Crippen molar-refractivity contribution in [2.75, 3.05) is 18.6 Å². The number of hydrogen-bond acceptors (Lipinski definition) is 9. The molecule has 0 saturated carbocycles. The van der Waals surface area contributed by atoms with Gasteiger partial charge in [0.15, 0.2) is 5.43 Å². The van der Waals surface area contributed by atoms with Crippen LogP contribution in [-0.2, 0) is 0 Å². The van der Waals surface area contributed by atoms with Gasteiger partial charge in [0.25, 0.3) is 0 Å². The molecule has 9 nitrogen and oxygen atoms in total. The highest BCUT2D eigenvalue weighted by Crippen LogP contribution is 2.32. The Bertz CT molecular complexity index is 1710. The number of carbonyl (C=O) groups is 2. The third-order valence-electron chi connectivity index (χ3n) is 5.76. The predicted molar refractivity (Wildman–Crippen MR) is 146 cm³/mol. The van der Waals surface area contributed by atoms with Crippen LogP contribution in [0.5, 0.6) is 17.2 Å². The summed E-state index contributed by atoms with van der Waals surface area (Å²) in [5.41, 5.74) is 13.2. The molecule has 0 radical (unpaired) electrons. The molecule has 1 heterocycles. The van der Waals surface area contributed by atoms with E-state index in [1.165, 1.54) is 43.5 Å². The SMILES string of the molecule is COc1ccc2oc(-c3cc(OC(=O)c4cccc(N)c4)cc(OC(=O)c4cccc(N)c4)c3)cc(=O)c2c1. The number of nitrogen functional groups attached to an aromatic ring is 2. The van der Waals surface area contributed by atoms with Crippen LogP contribution in [-0.4, -0.2) is 19.0 Å². The van der Waals surface area contributed by atoms with Gasteiger partial charge in [-0.05, 0) is 66.7 Å². The number of nitrogens with two attached hydrogens (primary N) is 2. The van der Waals surface area contributed by atoms with E-state index in [1.54, 1.807) is 54.6 Å². The largest absolute Gasteiger partial charge is 0.497 e. The van der Waals surface area contributed by atoms with Crippen LogP contribution in [0, 0.1) is 0 Å². The Morgan fingerprint density at radius 3 is 1.82 bits per heavy atom. The first-order chi connectivity index (χ1) is 18.8. The van der Waals surface area contributed by atoms with Gasteiger partial charge in [0.1, 0.15) is 28.6 Å². The van der Waals surface area contributed by atoms with Crippen molar-refractivity contribution in [3.8, 4) is 28.6 Å². The molecule has 4 aromatic carbocycles. The van der Waals surface area contributed by atoms with E-state index in [2.05, 4.69) is 0 Å². The Labute approximate surface area is 222 Å². The van der Waals surface area contributed by atoms with Gasteiger partial charge in [0.2, 0.25) is 0 Å². The lowest BCUT2D eigenvalue weighted by atomic mass is 10.1. The molecule has 0 aliphatic carbocycles. The number of anilines is 2. The number of fused-ring (bicyclic) bond motifs is 1. The first-order valence-electron chi connectivity index (χ1n) is 11.7. The zero-order chi connectivity index (χ0) is 27.5. The molecule has 0 saturated heterocycles. The quantitative estimate of drug-likeness (QED) is 0.177. The molecule has 0 aliphatic heterocycles. The maximum Gasteiger partial charge on any atom is 0.343 e. The standard InChI is InChI=1S/C30H22N2O7/c1-36-22-8-9-27-25(15-22)26(33)16-28(39-27)19-12-23(37-29(34)17-4-2-6-20(31)10-17)14-24(13-19)38-30(35)18-5-3-7-21(32)11-18/h2-16H,31-32H2,1H3. The normalized spacial score (nSPS) is 10.7. The zero-order valence-corrected chi connectivity index (χ0v) is 20.7. The third kappa shape index (κ3) is 5.57. The van der Waals surface area contributed by atoms with Gasteiger partial charge in [0, 0.05) is 29.1 Å². The maximum absolute atomic E-state index is 12.9. The molecule has 0 atom stereocenters. The molecule has 194 valence electrons. The number of hydrogen-bond donors (Lipinski definition) is 2. The molecule has 0 aliphatic rings. The van der Waals surface area contributed by atoms with E-state index in [9.17, 15) is 14.4 Å². The van der Waals surface area contributed by atoms with Gasteiger partial charge in [-0.1, -0.05) is 12.1 Å². The average molecular weight is 523 g/mol. The van der Waals surface area contributed by atoms with Gasteiger partial charge in [0.05, 0.1) is 23.6 Å². The predicted octanol–water partition coefficient (Wildman–Crippen LogP) is 5.07. The summed E-state index contributed by atoms with van der Waals surface area (Å²) in [6.07, 6.45) is 0. The molecule has 5 aromatic rings. The summed E-state index contributed by atoms with van der Waals surface area (Å²) in [4.78, 5) is 38.5. The van der Waals surface area contributed by atoms with Crippen LogP contribution in [0.3, 0.4) is 0 Å². The third-order valence-corrected chi connectivity index (χ3v) is 5.76. The summed E-state index contributed by atoms with van der Waals surface area (Å²) in [6, 6.07) is 23.1. The Balaban J connectivity index is 1.56. The molecule has 9 heteroatoms. The number of carbonyl (C=O) groups excluding carboxylic acids is 2. The molecular weight excluding hydrogens is 500 g/mol. The lowest BCUT2D eigenvalue weighted by molar-refractivity contribution is 0.0733. The minimum absolute atomic E-state index is 0.0489. The molecule has 4 N–H and O–H groups in total. The summed E-state index contributed by atoms with van der Waals surface area (Å²) >= 11 is 0. The molecule has 1 aromatic heterocycles. The number of ether oxygens (including phenoxy) is 3. The van der Waals surface area contributed by atoms with Crippen molar-refractivity contribution in [2.45, 2.75) is 0 Å². The van der Waals surface area contributed by atoms with Gasteiger partial charge in [-0.25, -0.2) is 9.59 Å². The van der Waals surface area contributed by atoms with Crippen LogP contribution in [0.15, 0.2) is 100 Å². The molecule has 0 amide bonds. The van der Waals surface area contributed by atoms with Crippen LogP contribution in [0.25, 0.3) is 22.3 Å². The van der Waals surface area contributed by atoms with Gasteiger partial charge >= 0.3 is 11.9 Å². The monoisotopic (exact) mass is 522 g/mol. The highest BCUT2D eigenvalue weighted by Gasteiger charge is 2.17. The van der Waals surface area contributed by atoms with E-state index in [0.29, 0.717) is 33.7 Å². The van der Waals surface area contributed by atoms with E-state index < -0.39 is 11.9 Å².